The largest absolute Gasteiger partial charge is 0.503 e. The standard InChI is InChI=1S/C27H17N3O5S3/c1-13-23(38-24(28-13)14-6-3-2-4-7-14)21(31)19-20(17-8-5-11-36-17)30(25(33)22(19)32)27-29-16-10-9-15(26(34)35)12-18(16)37-27/h2-12,20,32H,1H3,(H,34,35). The van der Waals surface area contributed by atoms with Crippen LogP contribution in [0.5, 0.6) is 0 Å². The van der Waals surface area contributed by atoms with E-state index in [9.17, 15) is 24.6 Å². The minimum Gasteiger partial charge on any atom is -0.503 e. The predicted molar refractivity (Wildman–Crippen MR) is 147 cm³/mol. The number of anilines is 1. The third-order valence-corrected chi connectivity index (χ3v) is 9.27. The fourth-order valence-electron chi connectivity index (χ4n) is 4.33. The molecule has 1 atom stereocenters. The normalized spacial score (nSPS) is 15.6. The van der Waals surface area contributed by atoms with Crippen molar-refractivity contribution in [1.82, 2.24) is 9.97 Å². The number of ketones is 1. The number of thiophene rings is 1. The number of carbonyl (C=O) groups is 3. The highest BCUT2D eigenvalue weighted by Gasteiger charge is 2.47. The number of benzene rings is 2. The molecule has 2 N–H and O–H groups in total. The number of aliphatic hydroxyl groups is 1. The van der Waals surface area contributed by atoms with Gasteiger partial charge in [-0.05, 0) is 36.6 Å². The first-order valence-electron chi connectivity index (χ1n) is 11.3. The molecule has 0 aliphatic carbocycles. The van der Waals surface area contributed by atoms with Gasteiger partial charge in [-0.15, -0.1) is 22.7 Å². The number of aromatic nitrogens is 2. The van der Waals surface area contributed by atoms with Crippen molar-refractivity contribution in [2.24, 2.45) is 0 Å². The number of rotatable bonds is 6. The van der Waals surface area contributed by atoms with Crippen LogP contribution < -0.4 is 4.90 Å². The van der Waals surface area contributed by atoms with Crippen molar-refractivity contribution in [1.29, 1.82) is 0 Å². The van der Waals surface area contributed by atoms with E-state index in [4.69, 9.17) is 0 Å². The highest BCUT2D eigenvalue weighted by atomic mass is 32.1. The van der Waals surface area contributed by atoms with Crippen molar-refractivity contribution in [3.8, 4) is 10.6 Å². The lowest BCUT2D eigenvalue weighted by Crippen LogP contribution is -2.30. The Morgan fingerprint density at radius 3 is 2.50 bits per heavy atom. The molecule has 1 aliphatic heterocycles. The molecule has 38 heavy (non-hydrogen) atoms. The van der Waals surface area contributed by atoms with E-state index in [2.05, 4.69) is 9.97 Å². The molecule has 1 amide bonds. The number of carboxylic acid groups (broad SMARTS) is 1. The smallest absolute Gasteiger partial charge is 0.335 e. The van der Waals surface area contributed by atoms with Gasteiger partial charge in [0.1, 0.15) is 11.0 Å². The van der Waals surface area contributed by atoms with Crippen molar-refractivity contribution in [2.45, 2.75) is 13.0 Å². The molecule has 1 aliphatic rings. The lowest BCUT2D eigenvalue weighted by molar-refractivity contribution is -0.117. The predicted octanol–water partition coefficient (Wildman–Crippen LogP) is 6.27. The monoisotopic (exact) mass is 559 g/mol. The fraction of sp³-hybridized carbons (Fsp3) is 0.0741. The molecule has 0 bridgehead atoms. The van der Waals surface area contributed by atoms with Gasteiger partial charge in [0.25, 0.3) is 5.91 Å². The number of aryl methyl sites for hydroxylation is 1. The second kappa shape index (κ2) is 9.28. The van der Waals surface area contributed by atoms with Crippen LogP contribution in [0, 0.1) is 6.92 Å². The molecule has 0 fully saturated rings. The van der Waals surface area contributed by atoms with Gasteiger partial charge < -0.3 is 10.2 Å². The quantitative estimate of drug-likeness (QED) is 0.235. The van der Waals surface area contributed by atoms with Gasteiger partial charge >= 0.3 is 5.97 Å². The molecule has 6 rings (SSSR count). The Morgan fingerprint density at radius 1 is 1.00 bits per heavy atom. The number of aliphatic hydroxyl groups excluding tert-OH is 1. The molecule has 0 radical (unpaired) electrons. The Bertz CT molecular complexity index is 1770. The van der Waals surface area contributed by atoms with E-state index in [-0.39, 0.29) is 16.3 Å². The Labute approximate surface area is 227 Å². The molecular weight excluding hydrogens is 543 g/mol. The van der Waals surface area contributed by atoms with Gasteiger partial charge in [0.15, 0.2) is 10.9 Å². The second-order valence-corrected chi connectivity index (χ2v) is 11.5. The summed E-state index contributed by atoms with van der Waals surface area (Å²) in [7, 11) is 0. The zero-order valence-corrected chi connectivity index (χ0v) is 22.1. The van der Waals surface area contributed by atoms with E-state index in [0.717, 1.165) is 16.9 Å². The van der Waals surface area contributed by atoms with Crippen LogP contribution >= 0.6 is 34.0 Å². The summed E-state index contributed by atoms with van der Waals surface area (Å²) < 4.78 is 0.572. The van der Waals surface area contributed by atoms with Crippen LogP contribution in [0.25, 0.3) is 20.8 Å². The van der Waals surface area contributed by atoms with Crippen molar-refractivity contribution in [2.75, 3.05) is 4.90 Å². The zero-order chi connectivity index (χ0) is 26.6. The van der Waals surface area contributed by atoms with E-state index in [1.807, 2.05) is 41.8 Å². The molecule has 188 valence electrons. The number of thiazole rings is 2. The van der Waals surface area contributed by atoms with Crippen molar-refractivity contribution in [3.05, 3.63) is 98.4 Å². The maximum atomic E-state index is 13.9. The molecule has 0 saturated carbocycles. The summed E-state index contributed by atoms with van der Waals surface area (Å²) in [4.78, 5) is 50.3. The van der Waals surface area contributed by atoms with Gasteiger partial charge in [-0.3, -0.25) is 14.5 Å². The maximum absolute atomic E-state index is 13.9. The summed E-state index contributed by atoms with van der Waals surface area (Å²) >= 11 is 3.69. The lowest BCUT2D eigenvalue weighted by Gasteiger charge is -2.22. The van der Waals surface area contributed by atoms with E-state index < -0.39 is 29.5 Å². The zero-order valence-electron chi connectivity index (χ0n) is 19.6. The van der Waals surface area contributed by atoms with Crippen LogP contribution in [-0.2, 0) is 4.79 Å². The first-order chi connectivity index (χ1) is 18.3. The number of Topliss-reactive ketones (excluding diaryl/α,β-unsaturated/α-hetero) is 1. The van der Waals surface area contributed by atoms with Gasteiger partial charge in [0.05, 0.1) is 31.9 Å². The molecule has 0 saturated heterocycles. The molecule has 2 aromatic carbocycles. The Balaban J connectivity index is 1.45. The van der Waals surface area contributed by atoms with Crippen LogP contribution in [0.15, 0.2) is 77.4 Å². The molecular formula is C27H17N3O5S3. The topological polar surface area (TPSA) is 121 Å². The van der Waals surface area contributed by atoms with Crippen LogP contribution in [0.4, 0.5) is 5.13 Å². The summed E-state index contributed by atoms with van der Waals surface area (Å²) in [6, 6.07) is 16.7. The summed E-state index contributed by atoms with van der Waals surface area (Å²) in [6.45, 7) is 1.73. The number of hydrogen-bond acceptors (Lipinski definition) is 9. The third-order valence-electron chi connectivity index (χ3n) is 6.12. The Kier molecular flexibility index (Phi) is 5.90. The highest BCUT2D eigenvalue weighted by molar-refractivity contribution is 7.22. The van der Waals surface area contributed by atoms with Gasteiger partial charge in [-0.25, -0.2) is 14.8 Å². The van der Waals surface area contributed by atoms with Crippen LogP contribution in [0.1, 0.15) is 36.6 Å². The van der Waals surface area contributed by atoms with Crippen LogP contribution in [0.3, 0.4) is 0 Å². The average Bonchev–Trinajstić information content (AvgIpc) is 3.70. The van der Waals surface area contributed by atoms with Crippen molar-refractivity contribution >= 4 is 67.0 Å². The van der Waals surface area contributed by atoms with Crippen molar-refractivity contribution < 1.29 is 24.6 Å². The van der Waals surface area contributed by atoms with Crippen molar-refractivity contribution in [3.63, 3.8) is 0 Å². The SMILES string of the molecule is Cc1nc(-c2ccccc2)sc1C(=O)C1=C(O)C(=O)N(c2nc3ccc(C(=O)O)cc3s2)C1c1cccs1. The number of amides is 1. The number of carboxylic acids is 1. The summed E-state index contributed by atoms with van der Waals surface area (Å²) in [5.74, 6) is -2.91. The van der Waals surface area contributed by atoms with E-state index >= 15 is 0 Å². The Morgan fingerprint density at radius 2 is 1.79 bits per heavy atom. The first kappa shape index (κ1) is 24.2. The summed E-state index contributed by atoms with van der Waals surface area (Å²) in [5.41, 5.74) is 1.96. The molecule has 5 aromatic rings. The molecule has 8 nitrogen and oxygen atoms in total. The van der Waals surface area contributed by atoms with Crippen LogP contribution in [-0.4, -0.2) is 37.8 Å². The maximum Gasteiger partial charge on any atom is 0.335 e. The molecule has 11 heteroatoms. The third kappa shape index (κ3) is 3.92. The van der Waals surface area contributed by atoms with Gasteiger partial charge in [0.2, 0.25) is 5.78 Å². The summed E-state index contributed by atoms with van der Waals surface area (Å²) in [5, 5.41) is 23.2. The number of aromatic carboxylic acids is 1. The van der Waals surface area contributed by atoms with E-state index in [0.29, 0.717) is 30.7 Å². The molecule has 1 unspecified atom stereocenters. The number of carbonyl (C=O) groups excluding carboxylic acids is 2. The van der Waals surface area contributed by atoms with Crippen LogP contribution in [0.2, 0.25) is 0 Å². The highest BCUT2D eigenvalue weighted by Crippen LogP contribution is 2.46. The van der Waals surface area contributed by atoms with Gasteiger partial charge in [0, 0.05) is 10.4 Å². The lowest BCUT2D eigenvalue weighted by atomic mass is 10.0. The Hall–Kier alpha value is -4.19. The number of nitrogens with zero attached hydrogens (tertiary/aromatic N) is 3. The molecule has 3 aromatic heterocycles. The number of fused-ring (bicyclic) bond motifs is 1. The number of hydrogen-bond donors (Lipinski definition) is 2. The van der Waals surface area contributed by atoms with Gasteiger partial charge in [-0.1, -0.05) is 47.7 Å². The van der Waals surface area contributed by atoms with E-state index in [1.165, 1.54) is 39.7 Å². The minimum atomic E-state index is -1.07. The molecule has 0 spiro atoms. The minimum absolute atomic E-state index is 0.0331. The fourth-order valence-corrected chi connectivity index (χ4v) is 7.21. The molecule has 4 heterocycles. The average molecular weight is 560 g/mol. The second-order valence-electron chi connectivity index (χ2n) is 8.47. The van der Waals surface area contributed by atoms with E-state index in [1.54, 1.807) is 19.1 Å². The van der Waals surface area contributed by atoms with Gasteiger partial charge in [-0.2, -0.15) is 0 Å². The summed E-state index contributed by atoms with van der Waals surface area (Å²) in [6.07, 6.45) is 0. The first-order valence-corrected chi connectivity index (χ1v) is 13.9.